The van der Waals surface area contributed by atoms with Crippen molar-refractivity contribution in [2.45, 2.75) is 13.8 Å². The van der Waals surface area contributed by atoms with Crippen LogP contribution in [0, 0.1) is 13.8 Å². The zero-order valence-corrected chi connectivity index (χ0v) is 13.9. The Hall–Kier alpha value is -3.15. The number of H-pyrrole nitrogens is 1. The average Bonchev–Trinajstić information content (AvgIpc) is 3.20. The molecule has 2 N–H and O–H groups in total. The maximum absolute atomic E-state index is 12.1. The first-order chi connectivity index (χ1) is 11.5. The lowest BCUT2D eigenvalue weighted by Gasteiger charge is -2.01. The normalized spacial score (nSPS) is 11.1. The summed E-state index contributed by atoms with van der Waals surface area (Å²) in [5.74, 6) is -0.331. The van der Waals surface area contributed by atoms with Gasteiger partial charge in [0.05, 0.1) is 17.6 Å². The Labute approximate surface area is 140 Å². The number of hydrogen-bond acceptors (Lipinski definition) is 3. The van der Waals surface area contributed by atoms with Crippen LogP contribution < -0.4 is 5.43 Å². The molecule has 0 aliphatic heterocycles. The van der Waals surface area contributed by atoms with Crippen molar-refractivity contribution in [2.75, 3.05) is 0 Å². The quantitative estimate of drug-likeness (QED) is 0.573. The number of hydrogen-bond donors (Lipinski definition) is 2. The number of rotatable bonds is 4. The number of carbonyl (C=O) groups is 1. The highest BCUT2D eigenvalue weighted by molar-refractivity contribution is 5.94. The van der Waals surface area contributed by atoms with E-state index in [0.29, 0.717) is 5.69 Å². The molecule has 6 heteroatoms. The molecule has 0 unspecified atom stereocenters. The van der Waals surface area contributed by atoms with E-state index in [-0.39, 0.29) is 5.91 Å². The number of hydrazone groups is 1. The van der Waals surface area contributed by atoms with E-state index in [1.54, 1.807) is 12.3 Å². The molecule has 3 aromatic rings. The fourth-order valence-electron chi connectivity index (χ4n) is 2.31. The predicted molar refractivity (Wildman–Crippen MR) is 94.0 cm³/mol. The number of nitrogens with one attached hydrogen (secondary N) is 2. The molecule has 3 rings (SSSR count). The standard InChI is InChI=1S/C18H19N5O/c1-12-6-7-14(9-13(12)2)16-10-17(21-20-16)18(24)22-19-11-15-5-4-8-23(15)3/h4-11H,1-3H3,(H,20,21)(H,22,24)/b19-11-. The lowest BCUT2D eigenvalue weighted by Crippen LogP contribution is -2.18. The van der Waals surface area contributed by atoms with Crippen LogP contribution in [0.3, 0.4) is 0 Å². The molecule has 0 fully saturated rings. The topological polar surface area (TPSA) is 75.1 Å². The zero-order chi connectivity index (χ0) is 17.1. The van der Waals surface area contributed by atoms with Crippen molar-refractivity contribution < 1.29 is 4.79 Å². The van der Waals surface area contributed by atoms with Crippen LogP contribution in [-0.2, 0) is 7.05 Å². The average molecular weight is 321 g/mol. The number of benzene rings is 1. The second kappa shape index (κ2) is 6.54. The van der Waals surface area contributed by atoms with Crippen LogP contribution >= 0.6 is 0 Å². The lowest BCUT2D eigenvalue weighted by atomic mass is 10.0. The first-order valence-electron chi connectivity index (χ1n) is 7.62. The van der Waals surface area contributed by atoms with Gasteiger partial charge in [0.25, 0.3) is 5.91 Å². The third-order valence-corrected chi connectivity index (χ3v) is 3.97. The van der Waals surface area contributed by atoms with Crippen molar-refractivity contribution in [1.29, 1.82) is 0 Å². The summed E-state index contributed by atoms with van der Waals surface area (Å²) in [6.45, 7) is 4.12. The van der Waals surface area contributed by atoms with Gasteiger partial charge in [-0.2, -0.15) is 10.2 Å². The summed E-state index contributed by atoms with van der Waals surface area (Å²) in [6.07, 6.45) is 3.51. The van der Waals surface area contributed by atoms with Gasteiger partial charge in [-0.15, -0.1) is 0 Å². The Morgan fingerprint density at radius 1 is 1.25 bits per heavy atom. The van der Waals surface area contributed by atoms with Gasteiger partial charge in [0.1, 0.15) is 5.69 Å². The largest absolute Gasteiger partial charge is 0.350 e. The number of aromatic amines is 1. The summed E-state index contributed by atoms with van der Waals surface area (Å²) in [5, 5.41) is 10.9. The van der Waals surface area contributed by atoms with Gasteiger partial charge in [-0.25, -0.2) is 5.43 Å². The van der Waals surface area contributed by atoms with Gasteiger partial charge in [-0.05, 0) is 49.2 Å². The van der Waals surface area contributed by atoms with Gasteiger partial charge in [0, 0.05) is 18.8 Å². The van der Waals surface area contributed by atoms with E-state index in [0.717, 1.165) is 17.0 Å². The first-order valence-corrected chi connectivity index (χ1v) is 7.62. The summed E-state index contributed by atoms with van der Waals surface area (Å²) in [5.41, 5.74) is 7.88. The van der Waals surface area contributed by atoms with Crippen molar-refractivity contribution in [3.05, 3.63) is 65.1 Å². The fourth-order valence-corrected chi connectivity index (χ4v) is 2.31. The number of aryl methyl sites for hydroxylation is 3. The Kier molecular flexibility index (Phi) is 4.29. The monoisotopic (exact) mass is 321 g/mol. The van der Waals surface area contributed by atoms with E-state index in [1.165, 1.54) is 11.1 Å². The molecule has 2 aromatic heterocycles. The fraction of sp³-hybridized carbons (Fsp3) is 0.167. The van der Waals surface area contributed by atoms with E-state index in [9.17, 15) is 4.79 Å². The Bertz CT molecular complexity index is 904. The number of amides is 1. The molecule has 0 saturated heterocycles. The molecule has 0 radical (unpaired) electrons. The van der Waals surface area contributed by atoms with Crippen molar-refractivity contribution in [2.24, 2.45) is 12.1 Å². The van der Waals surface area contributed by atoms with Crippen LogP contribution in [0.25, 0.3) is 11.3 Å². The SMILES string of the molecule is Cc1ccc(-c2cc(C(=O)N/N=C\c3cccn3C)[nH]n2)cc1C. The number of nitrogens with zero attached hydrogens (tertiary/aromatic N) is 3. The summed E-state index contributed by atoms with van der Waals surface area (Å²) >= 11 is 0. The molecular formula is C18H19N5O. The molecule has 6 nitrogen and oxygen atoms in total. The van der Waals surface area contributed by atoms with Gasteiger partial charge >= 0.3 is 0 Å². The second-order valence-corrected chi connectivity index (χ2v) is 5.71. The van der Waals surface area contributed by atoms with Crippen LogP contribution in [0.2, 0.25) is 0 Å². The number of carbonyl (C=O) groups excluding carboxylic acids is 1. The Morgan fingerprint density at radius 3 is 2.79 bits per heavy atom. The van der Waals surface area contributed by atoms with E-state index >= 15 is 0 Å². The highest BCUT2D eigenvalue weighted by Crippen LogP contribution is 2.20. The molecule has 0 bridgehead atoms. The Morgan fingerprint density at radius 2 is 2.08 bits per heavy atom. The maximum atomic E-state index is 12.1. The molecule has 2 heterocycles. The minimum atomic E-state index is -0.331. The second-order valence-electron chi connectivity index (χ2n) is 5.71. The molecule has 0 atom stereocenters. The smallest absolute Gasteiger partial charge is 0.289 e. The van der Waals surface area contributed by atoms with E-state index in [4.69, 9.17) is 0 Å². The van der Waals surface area contributed by atoms with Gasteiger partial charge in [-0.3, -0.25) is 9.89 Å². The molecule has 24 heavy (non-hydrogen) atoms. The summed E-state index contributed by atoms with van der Waals surface area (Å²) in [6, 6.07) is 11.6. The Balaban J connectivity index is 1.70. The van der Waals surface area contributed by atoms with Crippen LogP contribution in [0.1, 0.15) is 27.3 Å². The van der Waals surface area contributed by atoms with Gasteiger partial charge in [-0.1, -0.05) is 12.1 Å². The molecule has 122 valence electrons. The highest BCUT2D eigenvalue weighted by atomic mass is 16.2. The van der Waals surface area contributed by atoms with Crippen LogP contribution in [0.4, 0.5) is 0 Å². The highest BCUT2D eigenvalue weighted by Gasteiger charge is 2.10. The van der Waals surface area contributed by atoms with Crippen molar-refractivity contribution in [3.8, 4) is 11.3 Å². The third kappa shape index (κ3) is 3.27. The minimum absolute atomic E-state index is 0.331. The van der Waals surface area contributed by atoms with Crippen molar-refractivity contribution >= 4 is 12.1 Å². The number of aromatic nitrogens is 3. The molecule has 0 aliphatic carbocycles. The van der Waals surface area contributed by atoms with E-state index in [2.05, 4.69) is 40.6 Å². The van der Waals surface area contributed by atoms with Gasteiger partial charge in [0.2, 0.25) is 0 Å². The minimum Gasteiger partial charge on any atom is -0.350 e. The predicted octanol–water partition coefficient (Wildman–Crippen LogP) is 2.80. The molecule has 0 saturated carbocycles. The summed E-state index contributed by atoms with van der Waals surface area (Å²) in [7, 11) is 1.91. The maximum Gasteiger partial charge on any atom is 0.289 e. The van der Waals surface area contributed by atoms with Gasteiger partial charge < -0.3 is 4.57 Å². The van der Waals surface area contributed by atoms with E-state index < -0.39 is 0 Å². The summed E-state index contributed by atoms with van der Waals surface area (Å²) in [4.78, 5) is 12.1. The zero-order valence-electron chi connectivity index (χ0n) is 13.9. The lowest BCUT2D eigenvalue weighted by molar-refractivity contribution is 0.0950. The summed E-state index contributed by atoms with van der Waals surface area (Å²) < 4.78 is 1.91. The molecule has 1 amide bonds. The van der Waals surface area contributed by atoms with Crippen LogP contribution in [0.15, 0.2) is 47.7 Å². The first kappa shape index (κ1) is 15.7. The third-order valence-electron chi connectivity index (χ3n) is 3.97. The molecule has 0 spiro atoms. The van der Waals surface area contributed by atoms with Crippen molar-refractivity contribution in [1.82, 2.24) is 20.2 Å². The van der Waals surface area contributed by atoms with Crippen LogP contribution in [-0.4, -0.2) is 26.9 Å². The van der Waals surface area contributed by atoms with Gasteiger partial charge in [0.15, 0.2) is 0 Å². The molecule has 1 aromatic carbocycles. The molecular weight excluding hydrogens is 302 g/mol. The van der Waals surface area contributed by atoms with Crippen LogP contribution in [0.5, 0.6) is 0 Å². The molecule has 0 aliphatic rings. The van der Waals surface area contributed by atoms with E-state index in [1.807, 2.05) is 42.1 Å². The van der Waals surface area contributed by atoms with Crippen molar-refractivity contribution in [3.63, 3.8) is 0 Å².